The average Bonchev–Trinajstić information content (AvgIpc) is 2.51. The minimum atomic E-state index is -0.533. The first kappa shape index (κ1) is 11.4. The summed E-state index contributed by atoms with van der Waals surface area (Å²) in [5, 5.41) is 10.3. The maximum absolute atomic E-state index is 11.0. The maximum atomic E-state index is 11.0. The molecule has 0 fully saturated rings. The first-order valence-electron chi connectivity index (χ1n) is 4.15. The second-order valence-corrected chi connectivity index (χ2v) is 4.27. The topological polar surface area (TPSA) is 68.9 Å². The fourth-order valence-corrected chi connectivity index (χ4v) is 1.92. The van der Waals surface area contributed by atoms with E-state index >= 15 is 0 Å². The van der Waals surface area contributed by atoms with Crippen LogP contribution in [0.1, 0.15) is 0 Å². The molecule has 1 heterocycles. The molecule has 0 aliphatic heterocycles. The largest absolute Gasteiger partial charge is 0.493 e. The van der Waals surface area contributed by atoms with Gasteiger partial charge in [-0.15, -0.1) is 0 Å². The van der Waals surface area contributed by atoms with Crippen molar-refractivity contribution in [3.05, 3.63) is 37.7 Å². The third kappa shape index (κ3) is 1.91. The van der Waals surface area contributed by atoms with Gasteiger partial charge < -0.3 is 10.1 Å². The van der Waals surface area contributed by atoms with E-state index in [0.717, 1.165) is 0 Å². The predicted molar refractivity (Wildman–Crippen MR) is 63.5 cm³/mol. The molecule has 1 aromatic carbocycles. The van der Waals surface area contributed by atoms with Gasteiger partial charge in [-0.05, 0) is 12.1 Å². The molecule has 0 amide bonds. The first-order chi connectivity index (χ1) is 7.49. The summed E-state index contributed by atoms with van der Waals surface area (Å²) >= 11 is 17.5. The zero-order valence-electron chi connectivity index (χ0n) is 7.64. The number of aromatic nitrogens is 2. The van der Waals surface area contributed by atoms with E-state index in [4.69, 9.17) is 34.8 Å². The van der Waals surface area contributed by atoms with Crippen LogP contribution in [-0.2, 0) is 0 Å². The summed E-state index contributed by atoms with van der Waals surface area (Å²) in [5.74, 6) is -0.301. The van der Waals surface area contributed by atoms with Crippen LogP contribution in [0.25, 0.3) is 11.3 Å². The molecule has 2 aromatic rings. The molecule has 0 bridgehead atoms. The van der Waals surface area contributed by atoms with E-state index in [2.05, 4.69) is 9.97 Å². The van der Waals surface area contributed by atoms with E-state index in [9.17, 15) is 9.90 Å². The molecule has 2 rings (SSSR count). The number of hydrogen-bond acceptors (Lipinski definition) is 2. The van der Waals surface area contributed by atoms with Crippen molar-refractivity contribution < 1.29 is 5.11 Å². The number of aromatic amines is 2. The summed E-state index contributed by atoms with van der Waals surface area (Å²) in [6.45, 7) is 0. The van der Waals surface area contributed by atoms with Gasteiger partial charge in [-0.3, -0.25) is 4.98 Å². The normalized spacial score (nSPS) is 10.7. The Morgan fingerprint density at radius 3 is 2.19 bits per heavy atom. The van der Waals surface area contributed by atoms with Crippen molar-refractivity contribution in [2.24, 2.45) is 0 Å². The number of H-pyrrole nitrogens is 2. The number of nitrogens with one attached hydrogen (secondary N) is 2. The van der Waals surface area contributed by atoms with E-state index in [-0.39, 0.29) is 21.6 Å². The third-order valence-electron chi connectivity index (χ3n) is 1.99. The number of hydrogen-bond donors (Lipinski definition) is 3. The van der Waals surface area contributed by atoms with Gasteiger partial charge in [0.25, 0.3) is 0 Å². The lowest BCUT2D eigenvalue weighted by Gasteiger charge is -2.04. The van der Waals surface area contributed by atoms with Crippen molar-refractivity contribution in [1.82, 2.24) is 9.97 Å². The summed E-state index contributed by atoms with van der Waals surface area (Å²) in [5.41, 5.74) is 0.0372. The maximum Gasteiger partial charge on any atom is 0.326 e. The molecule has 0 aliphatic carbocycles. The molecule has 0 saturated carbocycles. The summed E-state index contributed by atoms with van der Waals surface area (Å²) in [6, 6.07) is 2.90. The average molecular weight is 280 g/mol. The quantitative estimate of drug-likeness (QED) is 0.702. The Bertz CT molecular complexity index is 603. The lowest BCUT2D eigenvalue weighted by Crippen LogP contribution is -2.00. The molecule has 84 valence electrons. The van der Waals surface area contributed by atoms with Crippen LogP contribution < -0.4 is 5.69 Å². The molecule has 1 aromatic heterocycles. The molecular formula is C9H5Cl3N2O2. The highest BCUT2D eigenvalue weighted by atomic mass is 35.5. The molecule has 0 spiro atoms. The van der Waals surface area contributed by atoms with Crippen molar-refractivity contribution in [2.75, 3.05) is 0 Å². The van der Waals surface area contributed by atoms with Crippen LogP contribution in [0.2, 0.25) is 15.1 Å². The molecular weight excluding hydrogens is 274 g/mol. The van der Waals surface area contributed by atoms with Gasteiger partial charge in [0, 0.05) is 5.56 Å². The molecule has 16 heavy (non-hydrogen) atoms. The Hall–Kier alpha value is -1.10. The Morgan fingerprint density at radius 1 is 1.00 bits per heavy atom. The van der Waals surface area contributed by atoms with Gasteiger partial charge >= 0.3 is 5.69 Å². The van der Waals surface area contributed by atoms with Gasteiger partial charge in [0.2, 0.25) is 5.88 Å². The number of benzene rings is 1. The molecule has 4 nitrogen and oxygen atoms in total. The van der Waals surface area contributed by atoms with E-state index in [0.29, 0.717) is 10.6 Å². The fraction of sp³-hybridized carbons (Fsp3) is 0. The summed E-state index contributed by atoms with van der Waals surface area (Å²) < 4.78 is 0. The van der Waals surface area contributed by atoms with Gasteiger partial charge in [0.1, 0.15) is 5.69 Å². The monoisotopic (exact) mass is 278 g/mol. The highest BCUT2D eigenvalue weighted by molar-refractivity contribution is 6.44. The Kier molecular flexibility index (Phi) is 2.88. The van der Waals surface area contributed by atoms with Crippen molar-refractivity contribution in [3.63, 3.8) is 0 Å². The summed E-state index contributed by atoms with van der Waals surface area (Å²) in [6.07, 6.45) is 0. The van der Waals surface area contributed by atoms with Crippen LogP contribution in [0.4, 0.5) is 0 Å². The van der Waals surface area contributed by atoms with Gasteiger partial charge in [0.05, 0.1) is 15.1 Å². The second kappa shape index (κ2) is 4.05. The second-order valence-electron chi connectivity index (χ2n) is 3.05. The number of halogens is 3. The molecule has 0 atom stereocenters. The molecule has 3 N–H and O–H groups in total. The summed E-state index contributed by atoms with van der Waals surface area (Å²) in [4.78, 5) is 15.6. The Labute approximate surface area is 105 Å². The van der Waals surface area contributed by atoms with Crippen LogP contribution in [-0.4, -0.2) is 15.1 Å². The highest BCUT2D eigenvalue weighted by Crippen LogP contribution is 2.36. The minimum Gasteiger partial charge on any atom is -0.493 e. The van der Waals surface area contributed by atoms with Crippen molar-refractivity contribution >= 4 is 34.8 Å². The van der Waals surface area contributed by atoms with Crippen molar-refractivity contribution in [3.8, 4) is 17.1 Å². The lowest BCUT2D eigenvalue weighted by atomic mass is 10.1. The van der Waals surface area contributed by atoms with Gasteiger partial charge in [0.15, 0.2) is 0 Å². The number of rotatable bonds is 1. The van der Waals surface area contributed by atoms with Crippen LogP contribution in [0.5, 0.6) is 5.88 Å². The minimum absolute atomic E-state index is 0.175. The van der Waals surface area contributed by atoms with Crippen LogP contribution in [0, 0.1) is 0 Å². The molecule has 0 unspecified atom stereocenters. The Balaban J connectivity index is 2.69. The zero-order chi connectivity index (χ0) is 11.9. The van der Waals surface area contributed by atoms with Crippen LogP contribution >= 0.6 is 34.8 Å². The standard InChI is InChI=1S/C9H5Cl3N2O2/c10-4-2-6(12)5(11)1-3(4)7-8(15)14-9(16)13-7/h1-2,15H,(H2,13,14,16). The fourth-order valence-electron chi connectivity index (χ4n) is 1.28. The smallest absolute Gasteiger partial charge is 0.326 e. The molecule has 0 saturated heterocycles. The van der Waals surface area contributed by atoms with Crippen molar-refractivity contribution in [2.45, 2.75) is 0 Å². The lowest BCUT2D eigenvalue weighted by molar-refractivity contribution is 0.457. The number of aromatic hydroxyl groups is 1. The van der Waals surface area contributed by atoms with E-state index in [1.54, 1.807) is 0 Å². The first-order valence-corrected chi connectivity index (χ1v) is 5.28. The van der Waals surface area contributed by atoms with Gasteiger partial charge in [-0.1, -0.05) is 34.8 Å². The molecule has 0 radical (unpaired) electrons. The van der Waals surface area contributed by atoms with Crippen LogP contribution in [0.3, 0.4) is 0 Å². The van der Waals surface area contributed by atoms with E-state index in [1.807, 2.05) is 0 Å². The number of imidazole rings is 1. The van der Waals surface area contributed by atoms with Gasteiger partial charge in [-0.2, -0.15) is 0 Å². The molecule has 7 heteroatoms. The highest BCUT2D eigenvalue weighted by Gasteiger charge is 2.14. The van der Waals surface area contributed by atoms with E-state index in [1.165, 1.54) is 12.1 Å². The molecule has 0 aliphatic rings. The SMILES string of the molecule is O=c1[nH]c(O)c(-c2cc(Cl)c(Cl)cc2Cl)[nH]1. The predicted octanol–water partition coefficient (Wildman–Crippen LogP) is 3.04. The van der Waals surface area contributed by atoms with Gasteiger partial charge in [-0.25, -0.2) is 4.79 Å². The van der Waals surface area contributed by atoms with E-state index < -0.39 is 5.69 Å². The summed E-state index contributed by atoms with van der Waals surface area (Å²) in [7, 11) is 0. The van der Waals surface area contributed by atoms with Crippen molar-refractivity contribution in [1.29, 1.82) is 0 Å². The van der Waals surface area contributed by atoms with Crippen LogP contribution in [0.15, 0.2) is 16.9 Å². The Morgan fingerprint density at radius 2 is 1.62 bits per heavy atom. The third-order valence-corrected chi connectivity index (χ3v) is 3.02. The zero-order valence-corrected chi connectivity index (χ0v) is 9.91.